The molecule has 0 aromatic heterocycles. The van der Waals surface area contributed by atoms with Crippen molar-refractivity contribution < 1.29 is 37.5 Å². The zero-order chi connectivity index (χ0) is 32.3. The van der Waals surface area contributed by atoms with Gasteiger partial charge in [-0.2, -0.15) is 0 Å². The number of halogens is 2. The summed E-state index contributed by atoms with van der Waals surface area (Å²) in [4.78, 5) is 80.8. The van der Waals surface area contributed by atoms with E-state index < -0.39 is 46.8 Å². The Bertz CT molecular complexity index is 2020. The Morgan fingerprint density at radius 2 is 0.696 bits per heavy atom. The summed E-state index contributed by atoms with van der Waals surface area (Å²) in [7, 11) is 0. The van der Waals surface area contributed by atoms with E-state index in [0.717, 1.165) is 34.1 Å². The van der Waals surface area contributed by atoms with Crippen molar-refractivity contribution in [3.63, 3.8) is 0 Å². The Labute approximate surface area is 259 Å². The largest absolute Gasteiger partial charge is 0.289 e. The van der Waals surface area contributed by atoms with Crippen LogP contribution in [0, 0.1) is 11.6 Å². The minimum Gasteiger partial charge on any atom is -0.289 e. The molecule has 46 heavy (non-hydrogen) atoms. The standard InChI is InChI=1S/C36H18F2N2O6/c37-23-7-1-19(2-8-23)31(41)21-5-15-27-29(17-21)35(45)39(33(27)43)25-11-13-26(14-12-25)40-34(44)28-16-6-22(18-30(28)36(40)46)32(42)20-3-9-24(38)10-4-20/h1-18H. The maximum Gasteiger partial charge on any atom is 0.266 e. The van der Waals surface area contributed by atoms with Crippen molar-refractivity contribution in [2.45, 2.75) is 0 Å². The van der Waals surface area contributed by atoms with E-state index in [4.69, 9.17) is 0 Å². The van der Waals surface area contributed by atoms with Gasteiger partial charge in [-0.25, -0.2) is 18.6 Å². The molecule has 2 aliphatic heterocycles. The molecule has 8 nitrogen and oxygen atoms in total. The van der Waals surface area contributed by atoms with E-state index in [-0.39, 0.29) is 55.9 Å². The highest BCUT2D eigenvalue weighted by molar-refractivity contribution is 6.36. The van der Waals surface area contributed by atoms with Crippen LogP contribution in [0.2, 0.25) is 0 Å². The summed E-state index contributed by atoms with van der Waals surface area (Å²) < 4.78 is 26.6. The van der Waals surface area contributed by atoms with Crippen molar-refractivity contribution in [3.05, 3.63) is 165 Å². The van der Waals surface area contributed by atoms with E-state index in [1.807, 2.05) is 0 Å². The SMILES string of the molecule is O=C(c1ccc(F)cc1)c1ccc2c(c1)C(=O)N(c1ccc(N3C(=O)c4ccc(C(=O)c5ccc(F)cc5)cc4C3=O)cc1)C2=O. The van der Waals surface area contributed by atoms with E-state index in [1.54, 1.807) is 0 Å². The molecule has 0 N–H and O–H groups in total. The number of carbonyl (C=O) groups is 6. The fourth-order valence-corrected chi connectivity index (χ4v) is 5.52. The maximum absolute atomic E-state index is 13.3. The quantitative estimate of drug-likeness (QED) is 0.171. The summed E-state index contributed by atoms with van der Waals surface area (Å²) in [6.07, 6.45) is 0. The summed E-state index contributed by atoms with van der Waals surface area (Å²) in [6.45, 7) is 0. The lowest BCUT2D eigenvalue weighted by Gasteiger charge is -2.17. The minimum absolute atomic E-state index is 0.0216. The number of hydrogen-bond acceptors (Lipinski definition) is 6. The number of anilines is 2. The van der Waals surface area contributed by atoms with Crippen molar-refractivity contribution in [1.29, 1.82) is 0 Å². The van der Waals surface area contributed by atoms with Gasteiger partial charge in [0, 0.05) is 22.3 Å². The average Bonchev–Trinajstić information content (AvgIpc) is 3.48. The summed E-state index contributed by atoms with van der Waals surface area (Å²) in [5, 5.41) is 0. The molecule has 5 aromatic rings. The Morgan fingerprint density at radius 3 is 1.04 bits per heavy atom. The predicted molar refractivity (Wildman–Crippen MR) is 161 cm³/mol. The highest BCUT2D eigenvalue weighted by atomic mass is 19.1. The first-order valence-corrected chi connectivity index (χ1v) is 13.9. The number of ketones is 2. The zero-order valence-electron chi connectivity index (χ0n) is 23.5. The third-order valence-electron chi connectivity index (χ3n) is 7.88. The van der Waals surface area contributed by atoms with Crippen LogP contribution in [0.3, 0.4) is 0 Å². The molecule has 0 aliphatic carbocycles. The smallest absolute Gasteiger partial charge is 0.266 e. The number of rotatable bonds is 6. The fourth-order valence-electron chi connectivity index (χ4n) is 5.52. The third-order valence-corrected chi connectivity index (χ3v) is 7.88. The molecule has 5 aromatic carbocycles. The summed E-state index contributed by atoms with van der Waals surface area (Å²) in [5.41, 5.74) is 1.31. The van der Waals surface area contributed by atoms with E-state index >= 15 is 0 Å². The van der Waals surface area contributed by atoms with Crippen LogP contribution >= 0.6 is 0 Å². The lowest BCUT2D eigenvalue weighted by atomic mass is 9.99. The minimum atomic E-state index is -0.666. The molecule has 2 aliphatic rings. The molecule has 0 bridgehead atoms. The first-order valence-electron chi connectivity index (χ1n) is 13.9. The maximum atomic E-state index is 13.3. The predicted octanol–water partition coefficient (Wildman–Crippen LogP) is 6.03. The van der Waals surface area contributed by atoms with Gasteiger partial charge in [0.05, 0.1) is 33.6 Å². The highest BCUT2D eigenvalue weighted by Crippen LogP contribution is 2.34. The van der Waals surface area contributed by atoms with Crippen LogP contribution in [0.5, 0.6) is 0 Å². The van der Waals surface area contributed by atoms with Crippen LogP contribution in [0.1, 0.15) is 73.3 Å². The molecule has 0 saturated carbocycles. The summed E-state index contributed by atoms with van der Waals surface area (Å²) in [5.74, 6) is -4.46. The van der Waals surface area contributed by atoms with Gasteiger partial charge < -0.3 is 0 Å². The van der Waals surface area contributed by atoms with Crippen LogP contribution in [-0.4, -0.2) is 35.2 Å². The molecule has 2 heterocycles. The van der Waals surface area contributed by atoms with Crippen molar-refractivity contribution in [1.82, 2.24) is 0 Å². The second-order valence-electron chi connectivity index (χ2n) is 10.6. The van der Waals surface area contributed by atoms with E-state index in [0.29, 0.717) is 0 Å². The van der Waals surface area contributed by atoms with Crippen molar-refractivity contribution in [2.24, 2.45) is 0 Å². The van der Waals surface area contributed by atoms with E-state index in [2.05, 4.69) is 0 Å². The van der Waals surface area contributed by atoms with Gasteiger partial charge in [-0.15, -0.1) is 0 Å². The molecule has 7 rings (SSSR count). The van der Waals surface area contributed by atoms with Gasteiger partial charge in [-0.3, -0.25) is 28.8 Å². The second kappa shape index (κ2) is 10.6. The Hall–Kier alpha value is -6.42. The highest BCUT2D eigenvalue weighted by Gasteiger charge is 2.39. The number of carbonyl (C=O) groups excluding carboxylic acids is 6. The molecular weight excluding hydrogens is 594 g/mol. The average molecular weight is 613 g/mol. The molecule has 0 atom stereocenters. The van der Waals surface area contributed by atoms with Crippen LogP contribution in [0.25, 0.3) is 0 Å². The van der Waals surface area contributed by atoms with Crippen molar-refractivity contribution >= 4 is 46.6 Å². The van der Waals surface area contributed by atoms with Gasteiger partial charge in [0.15, 0.2) is 11.6 Å². The molecule has 0 spiro atoms. The summed E-state index contributed by atoms with van der Waals surface area (Å²) in [6, 6.07) is 23.8. The van der Waals surface area contributed by atoms with Crippen LogP contribution in [0.15, 0.2) is 109 Å². The van der Waals surface area contributed by atoms with Gasteiger partial charge in [-0.1, -0.05) is 12.1 Å². The first-order chi connectivity index (χ1) is 22.1. The molecule has 0 unspecified atom stereocenters. The molecule has 10 heteroatoms. The van der Waals surface area contributed by atoms with Gasteiger partial charge in [0.1, 0.15) is 11.6 Å². The van der Waals surface area contributed by atoms with E-state index in [9.17, 15) is 37.5 Å². The Kier molecular flexibility index (Phi) is 6.56. The number of nitrogens with zero attached hydrogens (tertiary/aromatic N) is 2. The van der Waals surface area contributed by atoms with Gasteiger partial charge >= 0.3 is 0 Å². The first kappa shape index (κ1) is 28.4. The Morgan fingerprint density at radius 1 is 0.391 bits per heavy atom. The van der Waals surface area contributed by atoms with Crippen LogP contribution < -0.4 is 9.80 Å². The van der Waals surface area contributed by atoms with Crippen molar-refractivity contribution in [2.75, 3.05) is 9.80 Å². The van der Waals surface area contributed by atoms with Gasteiger partial charge in [-0.05, 0) is 97.1 Å². The molecule has 0 radical (unpaired) electrons. The van der Waals surface area contributed by atoms with E-state index in [1.165, 1.54) is 84.9 Å². The number of amides is 4. The number of hydrogen-bond donors (Lipinski definition) is 0. The lowest BCUT2D eigenvalue weighted by molar-refractivity contribution is 0.0909. The number of imide groups is 2. The molecule has 0 fully saturated rings. The second-order valence-corrected chi connectivity index (χ2v) is 10.6. The van der Waals surface area contributed by atoms with Crippen LogP contribution in [-0.2, 0) is 0 Å². The van der Waals surface area contributed by atoms with Crippen LogP contribution in [0.4, 0.5) is 20.2 Å². The number of benzene rings is 5. The van der Waals surface area contributed by atoms with Gasteiger partial charge in [0.2, 0.25) is 0 Å². The molecule has 222 valence electrons. The fraction of sp³-hybridized carbons (Fsp3) is 0. The number of fused-ring (bicyclic) bond motifs is 2. The lowest BCUT2D eigenvalue weighted by Crippen LogP contribution is -2.30. The third kappa shape index (κ3) is 4.51. The summed E-state index contributed by atoms with van der Waals surface area (Å²) >= 11 is 0. The molecular formula is C36H18F2N2O6. The monoisotopic (exact) mass is 612 g/mol. The molecule has 0 saturated heterocycles. The van der Waals surface area contributed by atoms with Gasteiger partial charge in [0.25, 0.3) is 23.6 Å². The zero-order valence-corrected chi connectivity index (χ0v) is 23.5. The van der Waals surface area contributed by atoms with Crippen molar-refractivity contribution in [3.8, 4) is 0 Å². The Balaban J connectivity index is 1.12. The molecule has 4 amide bonds. The normalized spacial score (nSPS) is 13.7. The topological polar surface area (TPSA) is 109 Å².